The van der Waals surface area contributed by atoms with Crippen LogP contribution in [-0.2, 0) is 68.9 Å². The molecule has 626 valence electrons. The summed E-state index contributed by atoms with van der Waals surface area (Å²) in [6.07, 6.45) is -32.7. The maximum absolute atomic E-state index is 13.6. The van der Waals surface area contributed by atoms with E-state index < -0.39 is 293 Å². The van der Waals surface area contributed by atoms with Crippen LogP contribution in [-0.4, -0.2) is 345 Å². The van der Waals surface area contributed by atoms with Crippen LogP contribution < -0.4 is 43.2 Å². The predicted octanol–water partition coefficient (Wildman–Crippen LogP) is -12.1. The first-order valence-corrected chi connectivity index (χ1v) is 34.3. The van der Waals surface area contributed by atoms with Gasteiger partial charge in [-0.05, 0) is 44.0 Å². The van der Waals surface area contributed by atoms with Crippen LogP contribution in [0.5, 0.6) is 0 Å². The summed E-state index contributed by atoms with van der Waals surface area (Å²) < 4.78 is 0. The van der Waals surface area contributed by atoms with Crippen molar-refractivity contribution in [3.05, 3.63) is 52.1 Å². The molecular weight excluding hydrogens is 1530 g/mol. The van der Waals surface area contributed by atoms with Crippen LogP contribution in [0.1, 0.15) is 87.7 Å². The number of aliphatic hydroxyl groups is 16. The summed E-state index contributed by atoms with van der Waals surface area (Å²) in [5, 5.41) is 219. The largest absolute Gasteiger partial charge is 0.481 e. The number of H-pyrrole nitrogens is 1. The fourth-order valence-electron chi connectivity index (χ4n) is 10.3. The molecule has 48 heteroatoms. The van der Waals surface area contributed by atoms with Crippen molar-refractivity contribution in [3.8, 4) is 0 Å². The summed E-state index contributed by atoms with van der Waals surface area (Å²) in [6.45, 7) is -1.99. The topological polar surface area (TPSA) is 834 Å². The van der Waals surface area contributed by atoms with Gasteiger partial charge in [0.15, 0.2) is 22.7 Å². The van der Waals surface area contributed by atoms with Crippen molar-refractivity contribution in [3.63, 3.8) is 0 Å². The minimum atomic E-state index is -2.44. The van der Waals surface area contributed by atoms with Crippen molar-refractivity contribution in [2.24, 2.45) is 23.7 Å². The number of rotatable bonds is 51. The Morgan fingerprint density at radius 2 is 0.911 bits per heavy atom. The van der Waals surface area contributed by atoms with E-state index in [1.807, 2.05) is 21.3 Å². The number of amides is 5. The highest BCUT2D eigenvalue weighted by Crippen LogP contribution is 2.23. The Bertz CT molecular complexity index is 3790. The normalized spacial score (nSPS) is 17.1. The van der Waals surface area contributed by atoms with Crippen LogP contribution in [0.25, 0.3) is 11.2 Å². The lowest BCUT2D eigenvalue weighted by Crippen LogP contribution is -2.57. The molecule has 0 aliphatic carbocycles. The molecule has 5 amide bonds. The highest BCUT2D eigenvalue weighted by atomic mass is 32.1. The zero-order chi connectivity index (χ0) is 85.5. The molecule has 3 aromatic rings. The summed E-state index contributed by atoms with van der Waals surface area (Å²) in [5.74, 6) is -26.4. The molecule has 0 fully saturated rings. The SMILES string of the molecule is CC(=O)C[C@H](C(=O)N[C@@H](CC(=O)N[C@H](C(=O)C[C@@H](CS)C(=O)O)[C@@H](O)[C@H](O)[C@H](O)CO)C(=O)O)[C@@H](O)[C@H](O)[C@H](O)CO.CC[C@H](CC(=O)[C@@H](NC(=O)C[C@H](NC(=O)[C@@H](CC(=O)CC[C@H](NC(=O)c1ccc(NCc2cnc3nc(N)[nH]c(=O)c3n2)cc1)C(=O)O)[C@@H](O)[C@H](O)[C@H](O)CO)C(=O)O)[C@@H](O)[C@H](O)[C@H](O)CO)C(=O)O. The van der Waals surface area contributed by atoms with Gasteiger partial charge in [0.1, 0.15) is 103 Å². The Balaban J connectivity index is 0.000000866. The molecule has 0 saturated heterocycles. The van der Waals surface area contributed by atoms with E-state index in [-0.39, 0.29) is 41.4 Å². The summed E-state index contributed by atoms with van der Waals surface area (Å²) in [4.78, 5) is 202. The minimum absolute atomic E-state index is 0.0264. The Morgan fingerprint density at radius 3 is 1.29 bits per heavy atom. The smallest absolute Gasteiger partial charge is 0.326 e. The molecule has 0 saturated carbocycles. The molecule has 0 spiro atoms. The maximum atomic E-state index is 13.6. The predicted molar refractivity (Wildman–Crippen MR) is 374 cm³/mol. The number of anilines is 2. The van der Waals surface area contributed by atoms with Gasteiger partial charge in [0.25, 0.3) is 11.5 Å². The van der Waals surface area contributed by atoms with Crippen molar-refractivity contribution in [2.75, 3.05) is 43.2 Å². The number of hydrogen-bond acceptors (Lipinski definition) is 37. The molecule has 0 unspecified atom stereocenters. The quantitative estimate of drug-likeness (QED) is 0.0233. The van der Waals surface area contributed by atoms with Gasteiger partial charge < -0.3 is 150 Å². The third kappa shape index (κ3) is 30.7. The second-order valence-corrected chi connectivity index (χ2v) is 25.8. The summed E-state index contributed by atoms with van der Waals surface area (Å²) in [6, 6.07) is -4.93. The zero-order valence-electron chi connectivity index (χ0n) is 59.5. The van der Waals surface area contributed by atoms with E-state index in [1.54, 1.807) is 0 Å². The fraction of sp³-hybridized carbons (Fsp3) is 0.594. The number of Topliss-reactive ketones (excluding diaryl/α,β-unsaturated/α-hetero) is 4. The van der Waals surface area contributed by atoms with Gasteiger partial charge in [-0.3, -0.25) is 57.7 Å². The van der Waals surface area contributed by atoms with E-state index >= 15 is 0 Å². The molecule has 1 aromatic carbocycles. The van der Waals surface area contributed by atoms with E-state index in [0.29, 0.717) is 11.4 Å². The van der Waals surface area contributed by atoms with Crippen LogP contribution in [0.2, 0.25) is 0 Å². The highest BCUT2D eigenvalue weighted by molar-refractivity contribution is 7.80. The van der Waals surface area contributed by atoms with E-state index in [9.17, 15) is 169 Å². The van der Waals surface area contributed by atoms with Gasteiger partial charge in [0, 0.05) is 49.1 Å². The highest BCUT2D eigenvalue weighted by Gasteiger charge is 2.44. The summed E-state index contributed by atoms with van der Waals surface area (Å²) in [5.41, 5.74) is 5.68. The average Bonchev–Trinajstić information content (AvgIpc) is 0.822. The molecular formula is C64H93N11O36S. The first kappa shape index (κ1) is 98.2. The van der Waals surface area contributed by atoms with E-state index in [2.05, 4.69) is 43.2 Å². The lowest BCUT2D eigenvalue weighted by molar-refractivity contribution is -0.149. The van der Waals surface area contributed by atoms with Crippen molar-refractivity contribution in [1.82, 2.24) is 46.5 Å². The number of hydrogen-bond donors (Lipinski definition) is 30. The lowest BCUT2D eigenvalue weighted by Gasteiger charge is -2.30. The molecule has 112 heavy (non-hydrogen) atoms. The molecule has 47 nitrogen and oxygen atoms in total. The van der Waals surface area contributed by atoms with Crippen LogP contribution in [0.15, 0.2) is 35.3 Å². The van der Waals surface area contributed by atoms with E-state index in [4.69, 9.17) is 15.9 Å². The van der Waals surface area contributed by atoms with Crippen LogP contribution in [0, 0.1) is 23.7 Å². The van der Waals surface area contributed by atoms with Gasteiger partial charge in [0.05, 0.1) is 93.6 Å². The Hall–Kier alpha value is -9.87. The standard InChI is InChI=1S/C41H55N9O20.C23H38N2O16S/c1-2-16(38(65)66)9-24(54)28(33(61)32(60)26(56)15-52)48-27(57)11-23(40(69)70)47-36(63)21(30(58)31(59)25(55)14-51)10-20(53)7-8-22(39(67)68)46-35(62)17-3-5-18(6-4-17)43-12-19-13-44-34-29(45-19)37(64)50-41(42)49-34;1-8(28)2-10(17(33)18(34)13(30)5-26)21(37)24-11(23(40)41)4-15(32)25-16(20(36)19(35)14(31)6-27)12(29)3-9(7-42)22(38)39/h3-6,13,16,21-23,25-26,28,30-33,43,51-52,55-56,58-61H,2,7-12,14-15H2,1H3,(H,46,62)(H,47,63)(H,48,57)(H,65,66)(H,67,68)(H,69,70)(H3,42,44,49,50,64);9-11,13-14,16-20,26-27,30-31,33-36,42H,2-7H2,1H3,(H,24,37)(H,25,32)(H,38,39)(H,40,41)/t16-,21+,22+,23+,25-,26-,28-,30-,31-,32-,33-;9-,10-,11-,13+,14+,16+,17+,18+,19+,20+/m10/s1. The Morgan fingerprint density at radius 1 is 0.500 bits per heavy atom. The van der Waals surface area contributed by atoms with Gasteiger partial charge in [-0.15, -0.1) is 0 Å². The van der Waals surface area contributed by atoms with Gasteiger partial charge in [-0.25, -0.2) is 24.4 Å². The van der Waals surface area contributed by atoms with E-state index in [1.165, 1.54) is 37.4 Å². The van der Waals surface area contributed by atoms with Crippen molar-refractivity contribution in [1.29, 1.82) is 0 Å². The molecule has 21 atom stereocenters. The third-order valence-corrected chi connectivity index (χ3v) is 17.4. The number of aliphatic carboxylic acids is 5. The first-order valence-electron chi connectivity index (χ1n) is 33.6. The summed E-state index contributed by atoms with van der Waals surface area (Å²) in [7, 11) is 0. The number of carboxylic acid groups (broad SMARTS) is 5. The first-order chi connectivity index (χ1) is 52.3. The molecule has 2 aromatic heterocycles. The molecule has 0 aliphatic rings. The molecule has 2 heterocycles. The Labute approximate surface area is 637 Å². The van der Waals surface area contributed by atoms with Crippen LogP contribution in [0.4, 0.5) is 11.6 Å². The molecule has 30 N–H and O–H groups in total. The van der Waals surface area contributed by atoms with Crippen LogP contribution in [0.3, 0.4) is 0 Å². The number of carbonyl (C=O) groups is 14. The number of nitrogens with zero attached hydrogens (tertiary/aromatic N) is 3. The number of fused-ring (bicyclic) bond motifs is 1. The zero-order valence-corrected chi connectivity index (χ0v) is 60.4. The number of nitrogen functional groups attached to an aromatic ring is 1. The number of thiol groups is 1. The molecule has 0 aliphatic heterocycles. The number of carbonyl (C=O) groups excluding carboxylic acids is 9. The van der Waals surface area contributed by atoms with Crippen molar-refractivity contribution in [2.45, 2.75) is 182 Å². The maximum Gasteiger partial charge on any atom is 0.326 e. The second-order valence-electron chi connectivity index (χ2n) is 25.4. The summed E-state index contributed by atoms with van der Waals surface area (Å²) >= 11 is 3.80. The number of nitrogens with two attached hydrogens (primary N) is 1. The van der Waals surface area contributed by atoms with E-state index in [0.717, 1.165) is 6.92 Å². The van der Waals surface area contributed by atoms with Crippen molar-refractivity contribution >= 4 is 118 Å². The molecule has 3 rings (SSSR count). The van der Waals surface area contributed by atoms with Crippen LogP contribution >= 0.6 is 12.6 Å². The lowest BCUT2D eigenvalue weighted by atomic mass is 9.88. The van der Waals surface area contributed by atoms with Crippen molar-refractivity contribution < 1.29 is 174 Å². The van der Waals surface area contributed by atoms with Gasteiger partial charge >= 0.3 is 29.8 Å². The average molecular weight is 1620 g/mol. The molecule has 0 bridgehead atoms. The van der Waals surface area contributed by atoms with Gasteiger partial charge in [-0.1, -0.05) is 6.92 Å². The number of benzene rings is 1. The van der Waals surface area contributed by atoms with Gasteiger partial charge in [0.2, 0.25) is 29.6 Å². The number of nitrogens with one attached hydrogen (secondary N) is 7. The number of aromatic nitrogens is 4. The number of aliphatic hydroxyl groups excluding tert-OH is 16. The second kappa shape index (κ2) is 47.5. The number of aromatic amines is 1. The third-order valence-electron chi connectivity index (χ3n) is 16.9. The Kier molecular flexibility index (Phi) is 41.6. The fourth-order valence-corrected chi connectivity index (χ4v) is 10.6. The number of carboxylic acids is 5. The molecule has 0 radical (unpaired) electrons. The number of ketones is 4. The monoisotopic (exact) mass is 1620 g/mol. The van der Waals surface area contributed by atoms with Gasteiger partial charge in [-0.2, -0.15) is 17.6 Å². The minimum Gasteiger partial charge on any atom is -0.481 e.